The van der Waals surface area contributed by atoms with E-state index >= 15 is 4.39 Å². The zero-order valence-electron chi connectivity index (χ0n) is 22.7. The fourth-order valence-electron chi connectivity index (χ4n) is 4.00. The smallest absolute Gasteiger partial charge is 0.426 e. The second-order valence-corrected chi connectivity index (χ2v) is 10.5. The lowest BCUT2D eigenvalue weighted by Crippen LogP contribution is -2.61. The van der Waals surface area contributed by atoms with Crippen LogP contribution in [0.1, 0.15) is 33.3 Å². The second kappa shape index (κ2) is 11.9. The number of nitrogens with zero attached hydrogens (tertiary/aromatic N) is 7. The molecule has 1 amide bonds. The number of anilines is 1. The van der Waals surface area contributed by atoms with Gasteiger partial charge in [-0.1, -0.05) is 6.07 Å². The van der Waals surface area contributed by atoms with Crippen LogP contribution in [0, 0.1) is 11.6 Å². The molecule has 0 unspecified atom stereocenters. The minimum atomic E-state index is -2.12. The van der Waals surface area contributed by atoms with Crippen molar-refractivity contribution in [3.63, 3.8) is 0 Å². The molecule has 0 aliphatic heterocycles. The van der Waals surface area contributed by atoms with Crippen molar-refractivity contribution in [2.75, 3.05) is 5.32 Å². The Morgan fingerprint density at radius 3 is 2.37 bits per heavy atom. The Balaban J connectivity index is 1.69. The average molecular weight is 586 g/mol. The summed E-state index contributed by atoms with van der Waals surface area (Å²) in [5.74, 6) is -1.82. The summed E-state index contributed by atoms with van der Waals surface area (Å²) in [7, 11) is 0. The first-order chi connectivity index (χ1) is 19.4. The molecule has 2 atom stereocenters. The second-order valence-electron chi connectivity index (χ2n) is 10.1. The first kappa shape index (κ1) is 29.5. The van der Waals surface area contributed by atoms with E-state index in [0.29, 0.717) is 11.8 Å². The average Bonchev–Trinajstić information content (AvgIpc) is 3.61. The van der Waals surface area contributed by atoms with E-state index < -0.39 is 35.0 Å². The Bertz CT molecular complexity index is 1480. The van der Waals surface area contributed by atoms with Gasteiger partial charge in [0.2, 0.25) is 0 Å². The quantitative estimate of drug-likeness (QED) is 0.218. The van der Waals surface area contributed by atoms with Crippen molar-refractivity contribution in [3.05, 3.63) is 85.0 Å². The Morgan fingerprint density at radius 2 is 1.78 bits per heavy atom. The van der Waals surface area contributed by atoms with Gasteiger partial charge in [0, 0.05) is 17.3 Å². The summed E-state index contributed by atoms with van der Waals surface area (Å²) >= 11 is 5.64. The largest absolute Gasteiger partial charge is 0.443 e. The Hall–Kier alpha value is -4.50. The highest BCUT2D eigenvalue weighted by atomic mass is 32.1. The van der Waals surface area contributed by atoms with Gasteiger partial charge < -0.3 is 15.2 Å². The summed E-state index contributed by atoms with van der Waals surface area (Å²) in [6.07, 6.45) is 4.66. The van der Waals surface area contributed by atoms with Crippen LogP contribution in [0.25, 0.3) is 5.69 Å². The summed E-state index contributed by atoms with van der Waals surface area (Å²) < 4.78 is 37.2. The maximum absolute atomic E-state index is 15.1. The molecule has 4 rings (SSSR count). The summed E-state index contributed by atoms with van der Waals surface area (Å²) in [6.45, 7) is 6.24. The minimum absolute atomic E-state index is 0.0589. The molecule has 12 nitrogen and oxygen atoms in total. The van der Waals surface area contributed by atoms with Gasteiger partial charge in [-0.2, -0.15) is 10.2 Å². The number of rotatable bonds is 7. The van der Waals surface area contributed by atoms with Crippen molar-refractivity contribution in [2.24, 2.45) is 0 Å². The molecular formula is C26H29F2N9O3S. The van der Waals surface area contributed by atoms with Crippen molar-refractivity contribution >= 4 is 29.1 Å². The lowest BCUT2D eigenvalue weighted by Gasteiger charge is -2.42. The van der Waals surface area contributed by atoms with E-state index in [9.17, 15) is 14.3 Å². The summed E-state index contributed by atoms with van der Waals surface area (Å²) in [5, 5.41) is 24.3. The zero-order valence-corrected chi connectivity index (χ0v) is 23.5. The number of ether oxygens (including phenoxy) is 1. The van der Waals surface area contributed by atoms with Gasteiger partial charge in [0.1, 0.15) is 48.1 Å². The Labute approximate surface area is 239 Å². The highest BCUT2D eigenvalue weighted by Gasteiger charge is 2.44. The number of benzene rings is 2. The number of halogens is 2. The Morgan fingerprint density at radius 1 is 1.10 bits per heavy atom. The van der Waals surface area contributed by atoms with E-state index in [1.165, 1.54) is 30.6 Å². The van der Waals surface area contributed by atoms with E-state index in [-0.39, 0.29) is 17.2 Å². The van der Waals surface area contributed by atoms with Crippen LogP contribution >= 0.6 is 12.2 Å². The first-order valence-corrected chi connectivity index (χ1v) is 12.8. The molecule has 2 aromatic heterocycles. The van der Waals surface area contributed by atoms with Crippen LogP contribution in [-0.4, -0.2) is 62.5 Å². The molecule has 0 radical (unpaired) electrons. The van der Waals surface area contributed by atoms with Crippen LogP contribution in [-0.2, 0) is 16.9 Å². The molecule has 41 heavy (non-hydrogen) atoms. The lowest BCUT2D eigenvalue weighted by atomic mass is 9.86. The number of hydrogen-bond acceptors (Lipinski definition) is 8. The molecule has 0 saturated carbocycles. The molecule has 0 fully saturated rings. The van der Waals surface area contributed by atoms with E-state index in [1.54, 1.807) is 56.0 Å². The summed E-state index contributed by atoms with van der Waals surface area (Å²) in [6, 6.07) is 8.62. The van der Waals surface area contributed by atoms with Crippen molar-refractivity contribution < 1.29 is 23.4 Å². The number of amides is 1. The lowest BCUT2D eigenvalue weighted by molar-refractivity contribution is -0.0574. The van der Waals surface area contributed by atoms with E-state index in [0.717, 1.165) is 22.8 Å². The minimum Gasteiger partial charge on any atom is -0.443 e. The van der Waals surface area contributed by atoms with Crippen LogP contribution in [0.3, 0.4) is 0 Å². The van der Waals surface area contributed by atoms with E-state index in [4.69, 9.17) is 17.0 Å². The maximum Gasteiger partial charge on any atom is 0.426 e. The maximum atomic E-state index is 15.1. The number of hydrogen-bond donors (Lipinski definition) is 3. The topological polar surface area (TPSA) is 135 Å². The number of carbonyl (C=O) groups is 1. The molecule has 15 heteroatoms. The standard InChI is InChI=1S/C26H29F2N9O3S/c1-17(26(39,12-35-15-29-13-31-35)21-10-5-18(27)11-22(21)28)37(34-24(38)40-25(2,3)4)23(41)33-19-6-8-20(9-7-19)36-16-30-14-32-36/h5-11,13-17,39H,12H2,1-4H3,(H,33,41)(H,34,38)/t17-,26-/m1/s1. The number of hydrazine groups is 1. The van der Waals surface area contributed by atoms with Gasteiger partial charge in [-0.3, -0.25) is 5.01 Å². The number of aromatic nitrogens is 6. The fourth-order valence-corrected chi connectivity index (χ4v) is 4.32. The van der Waals surface area contributed by atoms with Crippen LogP contribution < -0.4 is 10.7 Å². The number of aliphatic hydroxyl groups is 1. The van der Waals surface area contributed by atoms with Crippen LogP contribution in [0.4, 0.5) is 19.3 Å². The predicted molar refractivity (Wildman–Crippen MR) is 149 cm³/mol. The molecule has 0 saturated heterocycles. The molecule has 0 spiro atoms. The van der Waals surface area contributed by atoms with Gasteiger partial charge in [-0.05, 0) is 70.2 Å². The van der Waals surface area contributed by atoms with Crippen molar-refractivity contribution in [2.45, 2.75) is 51.5 Å². The fraction of sp³-hybridized carbons (Fsp3) is 0.308. The summed E-state index contributed by atoms with van der Waals surface area (Å²) in [4.78, 5) is 20.7. The van der Waals surface area contributed by atoms with Crippen LogP contribution in [0.2, 0.25) is 0 Å². The van der Waals surface area contributed by atoms with Crippen LogP contribution in [0.5, 0.6) is 0 Å². The van der Waals surface area contributed by atoms with Gasteiger partial charge >= 0.3 is 6.09 Å². The van der Waals surface area contributed by atoms with Gasteiger partial charge in [-0.15, -0.1) is 0 Å². The molecule has 3 N–H and O–H groups in total. The van der Waals surface area contributed by atoms with Gasteiger partial charge in [0.05, 0.1) is 18.3 Å². The third-order valence-corrected chi connectivity index (χ3v) is 6.28. The molecule has 0 aliphatic carbocycles. The summed E-state index contributed by atoms with van der Waals surface area (Å²) in [5.41, 5.74) is 0.605. The van der Waals surface area contributed by atoms with E-state index in [2.05, 4.69) is 30.9 Å². The predicted octanol–water partition coefficient (Wildman–Crippen LogP) is 3.55. The number of nitrogens with one attached hydrogen (secondary N) is 2. The molecule has 4 aromatic rings. The number of thiocarbonyl (C=S) groups is 1. The van der Waals surface area contributed by atoms with Gasteiger partial charge in [0.25, 0.3) is 0 Å². The monoisotopic (exact) mass is 585 g/mol. The highest BCUT2D eigenvalue weighted by molar-refractivity contribution is 7.80. The molecule has 2 aromatic carbocycles. The zero-order chi connectivity index (χ0) is 29.8. The molecule has 0 bridgehead atoms. The normalized spacial score (nSPS) is 13.6. The van der Waals surface area contributed by atoms with E-state index in [1.807, 2.05) is 0 Å². The SMILES string of the molecule is C[C@@H](N(NC(=O)OC(C)(C)C)C(=S)Nc1ccc(-n2cncn2)cc1)[C@](O)(Cn1cncn1)c1ccc(F)cc1F. The molecule has 2 heterocycles. The van der Waals surface area contributed by atoms with Crippen molar-refractivity contribution in [1.82, 2.24) is 40.0 Å². The van der Waals surface area contributed by atoms with Crippen LogP contribution in [0.15, 0.2) is 67.8 Å². The van der Waals surface area contributed by atoms with Gasteiger partial charge in [0.15, 0.2) is 5.11 Å². The Kier molecular flexibility index (Phi) is 8.58. The van der Waals surface area contributed by atoms with Crippen molar-refractivity contribution in [1.29, 1.82) is 0 Å². The first-order valence-electron chi connectivity index (χ1n) is 12.4. The third-order valence-electron chi connectivity index (χ3n) is 5.98. The number of carbonyl (C=O) groups excluding carboxylic acids is 1. The molecule has 0 aliphatic rings. The van der Waals surface area contributed by atoms with Gasteiger partial charge in [-0.25, -0.2) is 38.3 Å². The molecule has 216 valence electrons. The third kappa shape index (κ3) is 7.18. The molecular weight excluding hydrogens is 556 g/mol. The van der Waals surface area contributed by atoms with Crippen molar-refractivity contribution in [3.8, 4) is 5.69 Å². The highest BCUT2D eigenvalue weighted by Crippen LogP contribution is 2.33.